The molecule has 1 heterocycles. The highest BCUT2D eigenvalue weighted by atomic mass is 16.3. The van der Waals surface area contributed by atoms with Gasteiger partial charge in [0, 0.05) is 19.1 Å². The summed E-state index contributed by atoms with van der Waals surface area (Å²) < 4.78 is 0. The van der Waals surface area contributed by atoms with Crippen molar-refractivity contribution in [2.45, 2.75) is 65.5 Å². The maximum atomic E-state index is 10.4. The van der Waals surface area contributed by atoms with E-state index >= 15 is 0 Å². The summed E-state index contributed by atoms with van der Waals surface area (Å²) in [6, 6.07) is 0.612. The van der Waals surface area contributed by atoms with E-state index in [0.29, 0.717) is 6.04 Å². The van der Waals surface area contributed by atoms with Crippen molar-refractivity contribution in [1.29, 1.82) is 0 Å². The molecule has 0 amide bonds. The lowest BCUT2D eigenvalue weighted by Gasteiger charge is -2.44. The van der Waals surface area contributed by atoms with Gasteiger partial charge in [0.15, 0.2) is 0 Å². The predicted molar refractivity (Wildman–Crippen MR) is 69.5 cm³/mol. The molecule has 0 aromatic heterocycles. The molecule has 96 valence electrons. The van der Waals surface area contributed by atoms with E-state index in [1.54, 1.807) is 0 Å². The van der Waals surface area contributed by atoms with E-state index < -0.39 is 5.60 Å². The summed E-state index contributed by atoms with van der Waals surface area (Å²) in [5.41, 5.74) is -0.481. The van der Waals surface area contributed by atoms with Gasteiger partial charge in [-0.25, -0.2) is 0 Å². The van der Waals surface area contributed by atoms with Crippen molar-refractivity contribution in [3.8, 4) is 0 Å². The third-order valence-electron chi connectivity index (χ3n) is 4.53. The number of aliphatic hydroxyl groups is 1. The van der Waals surface area contributed by atoms with Gasteiger partial charge in [-0.3, -0.25) is 4.90 Å². The molecule has 0 aromatic carbocycles. The van der Waals surface area contributed by atoms with Gasteiger partial charge in [0.1, 0.15) is 0 Å². The number of rotatable bonds is 4. The van der Waals surface area contributed by atoms with Crippen LogP contribution in [0, 0.1) is 11.8 Å². The van der Waals surface area contributed by atoms with Crippen LogP contribution in [0.3, 0.4) is 0 Å². The molecule has 1 aliphatic rings. The van der Waals surface area contributed by atoms with Crippen LogP contribution < -0.4 is 0 Å². The lowest BCUT2D eigenvalue weighted by Crippen LogP contribution is -2.52. The molecule has 1 fully saturated rings. The molecule has 1 rings (SSSR count). The number of nitrogens with zero attached hydrogens (tertiary/aromatic N) is 1. The van der Waals surface area contributed by atoms with Gasteiger partial charge in [-0.1, -0.05) is 27.7 Å². The van der Waals surface area contributed by atoms with E-state index in [9.17, 15) is 5.11 Å². The first kappa shape index (κ1) is 14.0. The minimum absolute atomic E-state index is 0.481. The summed E-state index contributed by atoms with van der Waals surface area (Å²) >= 11 is 0. The first-order chi connectivity index (χ1) is 7.41. The molecule has 0 spiro atoms. The summed E-state index contributed by atoms with van der Waals surface area (Å²) in [4.78, 5) is 2.49. The van der Waals surface area contributed by atoms with Crippen molar-refractivity contribution >= 4 is 0 Å². The van der Waals surface area contributed by atoms with Gasteiger partial charge in [0.2, 0.25) is 0 Å². The third-order valence-corrected chi connectivity index (χ3v) is 4.53. The van der Waals surface area contributed by atoms with Crippen LogP contribution in [-0.4, -0.2) is 34.7 Å². The highest BCUT2D eigenvalue weighted by molar-refractivity contribution is 4.87. The molecule has 0 radical (unpaired) electrons. The zero-order valence-electron chi connectivity index (χ0n) is 11.7. The number of likely N-dealkylation sites (tertiary alicyclic amines) is 1. The average Bonchev–Trinajstić information content (AvgIpc) is 2.25. The molecule has 1 aliphatic heterocycles. The van der Waals surface area contributed by atoms with Gasteiger partial charge in [0.05, 0.1) is 5.60 Å². The molecule has 0 saturated carbocycles. The quantitative estimate of drug-likeness (QED) is 0.798. The maximum absolute atomic E-state index is 10.4. The molecule has 0 aromatic rings. The number of piperidine rings is 1. The van der Waals surface area contributed by atoms with Gasteiger partial charge in [-0.15, -0.1) is 0 Å². The largest absolute Gasteiger partial charge is 0.389 e. The van der Waals surface area contributed by atoms with Crippen LogP contribution in [0.15, 0.2) is 0 Å². The van der Waals surface area contributed by atoms with E-state index in [-0.39, 0.29) is 0 Å². The Kier molecular flexibility index (Phi) is 4.81. The molecule has 1 N–H and O–H groups in total. The van der Waals surface area contributed by atoms with Gasteiger partial charge >= 0.3 is 0 Å². The minimum Gasteiger partial charge on any atom is -0.389 e. The van der Waals surface area contributed by atoms with Gasteiger partial charge < -0.3 is 5.11 Å². The van der Waals surface area contributed by atoms with Gasteiger partial charge in [-0.2, -0.15) is 0 Å². The third kappa shape index (κ3) is 3.21. The van der Waals surface area contributed by atoms with Crippen molar-refractivity contribution in [3.05, 3.63) is 0 Å². The van der Waals surface area contributed by atoms with Gasteiger partial charge in [-0.05, 0) is 38.0 Å². The first-order valence-electron chi connectivity index (χ1n) is 6.88. The zero-order valence-corrected chi connectivity index (χ0v) is 11.7. The van der Waals surface area contributed by atoms with E-state index in [2.05, 4.69) is 39.5 Å². The van der Waals surface area contributed by atoms with Crippen LogP contribution >= 0.6 is 0 Å². The Labute approximate surface area is 101 Å². The first-order valence-corrected chi connectivity index (χ1v) is 6.88. The van der Waals surface area contributed by atoms with E-state index in [4.69, 9.17) is 0 Å². The van der Waals surface area contributed by atoms with E-state index in [1.807, 2.05) is 0 Å². The highest BCUT2D eigenvalue weighted by Gasteiger charge is 2.33. The summed E-state index contributed by atoms with van der Waals surface area (Å²) in [6.45, 7) is 13.1. The van der Waals surface area contributed by atoms with Crippen molar-refractivity contribution in [2.24, 2.45) is 11.8 Å². The normalized spacial score (nSPS) is 33.0. The molecule has 0 aliphatic carbocycles. The monoisotopic (exact) mass is 227 g/mol. The second-order valence-electron chi connectivity index (χ2n) is 5.92. The summed E-state index contributed by atoms with van der Waals surface area (Å²) in [5.74, 6) is 1.52. The smallest absolute Gasteiger partial charge is 0.0769 e. The molecule has 2 heteroatoms. The fourth-order valence-corrected chi connectivity index (χ4v) is 2.89. The fraction of sp³-hybridized carbons (Fsp3) is 1.00. The molecule has 0 bridgehead atoms. The van der Waals surface area contributed by atoms with Crippen molar-refractivity contribution in [1.82, 2.24) is 4.90 Å². The topological polar surface area (TPSA) is 23.5 Å². The summed E-state index contributed by atoms with van der Waals surface area (Å²) in [5, 5.41) is 10.4. The van der Waals surface area contributed by atoms with Crippen LogP contribution in [0.5, 0.6) is 0 Å². The molecule has 16 heavy (non-hydrogen) atoms. The van der Waals surface area contributed by atoms with Crippen molar-refractivity contribution < 1.29 is 5.11 Å². The minimum atomic E-state index is -0.481. The lowest BCUT2D eigenvalue weighted by molar-refractivity contribution is -0.0371. The Hall–Kier alpha value is -0.0800. The molecular formula is C14H29NO. The van der Waals surface area contributed by atoms with Crippen LogP contribution in [0.4, 0.5) is 0 Å². The molecule has 3 unspecified atom stereocenters. The Morgan fingerprint density at radius 3 is 2.25 bits per heavy atom. The second kappa shape index (κ2) is 5.50. The molecule has 1 saturated heterocycles. The Morgan fingerprint density at radius 2 is 1.75 bits per heavy atom. The molecular weight excluding hydrogens is 198 g/mol. The van der Waals surface area contributed by atoms with Crippen molar-refractivity contribution in [2.75, 3.05) is 13.1 Å². The fourth-order valence-electron chi connectivity index (χ4n) is 2.89. The standard InChI is InChI=1S/C14H29NO/c1-6-14(16,7-2)10-15-9-11(3)8-12(4)13(15)5/h11-13,16H,6-10H2,1-5H3. The zero-order chi connectivity index (χ0) is 12.3. The average molecular weight is 227 g/mol. The number of β-amino-alcohol motifs (C(OH)–C–C–N with tert-alkyl or cyclic N) is 1. The Bertz CT molecular complexity index is 213. The Morgan fingerprint density at radius 1 is 1.19 bits per heavy atom. The summed E-state index contributed by atoms with van der Waals surface area (Å²) in [6.07, 6.45) is 3.04. The number of hydrogen-bond acceptors (Lipinski definition) is 2. The van der Waals surface area contributed by atoms with E-state index in [1.165, 1.54) is 6.42 Å². The van der Waals surface area contributed by atoms with Crippen LogP contribution in [-0.2, 0) is 0 Å². The Balaban J connectivity index is 2.64. The van der Waals surface area contributed by atoms with Gasteiger partial charge in [0.25, 0.3) is 0 Å². The lowest BCUT2D eigenvalue weighted by atomic mass is 9.84. The molecule has 2 nitrogen and oxygen atoms in total. The van der Waals surface area contributed by atoms with E-state index in [0.717, 1.165) is 37.8 Å². The summed E-state index contributed by atoms with van der Waals surface area (Å²) in [7, 11) is 0. The van der Waals surface area contributed by atoms with Crippen LogP contribution in [0.25, 0.3) is 0 Å². The highest BCUT2D eigenvalue weighted by Crippen LogP contribution is 2.29. The predicted octanol–water partition coefficient (Wildman–Crippen LogP) is 2.90. The SMILES string of the molecule is CCC(O)(CC)CN1CC(C)CC(C)C1C. The van der Waals surface area contributed by atoms with Crippen LogP contribution in [0.1, 0.15) is 53.9 Å². The second-order valence-corrected chi connectivity index (χ2v) is 5.92. The number of hydrogen-bond donors (Lipinski definition) is 1. The van der Waals surface area contributed by atoms with Crippen LogP contribution in [0.2, 0.25) is 0 Å². The maximum Gasteiger partial charge on any atom is 0.0769 e. The van der Waals surface area contributed by atoms with Crippen molar-refractivity contribution in [3.63, 3.8) is 0 Å². The molecule has 3 atom stereocenters.